The highest BCUT2D eigenvalue weighted by atomic mass is 19.4. The summed E-state index contributed by atoms with van der Waals surface area (Å²) in [5, 5.41) is 23.6. The van der Waals surface area contributed by atoms with Crippen LogP contribution in [0.1, 0.15) is 78.1 Å². The molecule has 0 aliphatic carbocycles. The minimum absolute atomic E-state index is 0.0919. The second-order valence-electron chi connectivity index (χ2n) is 9.87. The molecule has 0 saturated carbocycles. The molecule has 18 heteroatoms. The van der Waals surface area contributed by atoms with Crippen LogP contribution < -0.4 is 42.3 Å². The molecule has 0 radical (unpaired) electrons. The summed E-state index contributed by atoms with van der Waals surface area (Å²) in [6, 6.07) is -0.0919. The number of nitrogens with one attached hydrogen (secondary N) is 4. The summed E-state index contributed by atoms with van der Waals surface area (Å²) < 4.78 is 63.1. The normalized spacial score (nSPS) is 15.3. The molecular weight excluding hydrogens is 604 g/mol. The van der Waals surface area contributed by atoms with Crippen molar-refractivity contribution in [3.05, 3.63) is 11.6 Å². The number of aliphatic carboxylic acids is 2. The molecule has 0 bridgehead atoms. The lowest BCUT2D eigenvalue weighted by molar-refractivity contribution is -0.460. The number of rotatable bonds is 9. The van der Waals surface area contributed by atoms with Crippen molar-refractivity contribution in [2.75, 3.05) is 32.7 Å². The third kappa shape index (κ3) is 27.1. The summed E-state index contributed by atoms with van der Waals surface area (Å²) in [4.78, 5) is 38.2. The predicted molar refractivity (Wildman–Crippen MR) is 146 cm³/mol. The van der Waals surface area contributed by atoms with Crippen LogP contribution in [-0.2, 0) is 9.59 Å². The van der Waals surface area contributed by atoms with Crippen LogP contribution in [0.4, 0.5) is 31.1 Å². The van der Waals surface area contributed by atoms with E-state index in [1.54, 1.807) is 0 Å². The third-order valence-electron chi connectivity index (χ3n) is 5.64. The van der Waals surface area contributed by atoms with Gasteiger partial charge in [0.1, 0.15) is 11.9 Å². The van der Waals surface area contributed by atoms with Crippen molar-refractivity contribution in [2.24, 2.45) is 11.5 Å². The van der Waals surface area contributed by atoms with E-state index in [-0.39, 0.29) is 6.03 Å². The summed E-state index contributed by atoms with van der Waals surface area (Å²) in [6.07, 6.45) is 3.00. The molecule has 0 saturated heterocycles. The fraction of sp³-hybridized carbons (Fsp3) is 0.731. The van der Waals surface area contributed by atoms with Gasteiger partial charge < -0.3 is 24.7 Å². The van der Waals surface area contributed by atoms with Crippen molar-refractivity contribution >= 4 is 29.9 Å². The van der Waals surface area contributed by atoms with E-state index < -0.39 is 24.3 Å². The second kappa shape index (κ2) is 23.7. The minimum Gasteiger partial charge on any atom is -0.542 e. The Morgan fingerprint density at radius 3 is 1.98 bits per heavy atom. The monoisotopic (exact) mass is 649 g/mol. The maximum atomic E-state index is 12.5. The SMILES string of the molecule is CC(C)=CC[NH+]=C(N)NCCCCCCN1CCCCCCCC[NH+]=C(N)NC1=O.O=C([O-])C(F)(F)F.O=C([O-])C(F)(F)F. The highest BCUT2D eigenvalue weighted by Crippen LogP contribution is 2.12. The number of hydrogen-bond acceptors (Lipinski definition) is 6. The lowest BCUT2D eigenvalue weighted by Gasteiger charge is -2.20. The molecule has 12 nitrogen and oxygen atoms in total. The number of carbonyl (C=O) groups excluding carboxylic acids is 3. The Hall–Kier alpha value is -3.73. The molecule has 1 heterocycles. The first kappa shape index (κ1) is 42.4. The maximum absolute atomic E-state index is 12.5. The van der Waals surface area contributed by atoms with Crippen LogP contribution in [0.5, 0.6) is 0 Å². The van der Waals surface area contributed by atoms with E-state index in [1.165, 1.54) is 31.3 Å². The van der Waals surface area contributed by atoms with Gasteiger partial charge in [-0.25, -0.2) is 4.79 Å². The van der Waals surface area contributed by atoms with Crippen LogP contribution in [0.15, 0.2) is 11.6 Å². The first-order valence-electron chi connectivity index (χ1n) is 14.1. The summed E-state index contributed by atoms with van der Waals surface area (Å²) in [5.74, 6) is -5.02. The smallest absolute Gasteiger partial charge is 0.430 e. The molecule has 1 aliphatic heterocycles. The molecule has 1 aliphatic rings. The molecule has 0 fully saturated rings. The van der Waals surface area contributed by atoms with Gasteiger partial charge in [0.05, 0.1) is 19.6 Å². The van der Waals surface area contributed by atoms with Gasteiger partial charge in [-0.3, -0.25) is 26.8 Å². The number of carbonyl (C=O) groups is 3. The molecule has 8 N–H and O–H groups in total. The molecule has 0 aromatic carbocycles. The zero-order chi connectivity index (χ0) is 34.2. The van der Waals surface area contributed by atoms with Crippen molar-refractivity contribution in [1.82, 2.24) is 15.5 Å². The Balaban J connectivity index is 0. The number of urea groups is 1. The number of amides is 2. The lowest BCUT2D eigenvalue weighted by atomic mass is 10.1. The van der Waals surface area contributed by atoms with Gasteiger partial charge in [-0.05, 0) is 39.5 Å². The Labute approximate surface area is 253 Å². The molecular formula is C26H45F6N7O5. The van der Waals surface area contributed by atoms with E-state index in [0.29, 0.717) is 11.9 Å². The molecule has 0 spiro atoms. The predicted octanol–water partition coefficient (Wildman–Crippen LogP) is -2.14. The fourth-order valence-corrected chi connectivity index (χ4v) is 3.34. The maximum Gasteiger partial charge on any atom is 0.430 e. The van der Waals surface area contributed by atoms with Crippen molar-refractivity contribution in [3.63, 3.8) is 0 Å². The van der Waals surface area contributed by atoms with Crippen LogP contribution in [-0.4, -0.2) is 79.9 Å². The van der Waals surface area contributed by atoms with E-state index >= 15 is 0 Å². The highest BCUT2D eigenvalue weighted by molar-refractivity contribution is 5.92. The number of guanidine groups is 2. The second-order valence-corrected chi connectivity index (χ2v) is 9.87. The molecule has 0 atom stereocenters. The summed E-state index contributed by atoms with van der Waals surface area (Å²) >= 11 is 0. The van der Waals surface area contributed by atoms with E-state index in [0.717, 1.165) is 71.2 Å². The van der Waals surface area contributed by atoms with Crippen LogP contribution >= 0.6 is 0 Å². The molecule has 0 aromatic rings. The average molecular weight is 650 g/mol. The summed E-state index contributed by atoms with van der Waals surface area (Å²) in [5.41, 5.74) is 13.1. The minimum atomic E-state index is -5.19. The number of hydrogen-bond donors (Lipinski definition) is 6. The van der Waals surface area contributed by atoms with Gasteiger partial charge in [0, 0.05) is 13.1 Å². The molecule has 0 unspecified atom stereocenters. The molecule has 0 aromatic heterocycles. The summed E-state index contributed by atoms with van der Waals surface area (Å²) in [6.45, 7) is 8.12. The van der Waals surface area contributed by atoms with Gasteiger partial charge >= 0.3 is 30.3 Å². The molecule has 256 valence electrons. The number of alkyl halides is 6. The van der Waals surface area contributed by atoms with E-state index in [1.807, 2.05) is 4.90 Å². The molecule has 44 heavy (non-hydrogen) atoms. The standard InChI is InChI=1S/C22H43N7O.2C2HF3O2/c1-19(2)13-16-27-20(23)25-14-10-6-8-12-18-29-17-11-7-4-3-5-9-15-26-21(24)28-22(29)30;2*3-2(4,5)1(6)7/h13H,3-12,14-18H2,1-2H3,(H3,23,25,27)(H3,24,26,28,30);2*(H,6,7). The number of nitrogens with two attached hydrogens (primary N) is 2. The van der Waals surface area contributed by atoms with Crippen molar-refractivity contribution in [3.8, 4) is 0 Å². The number of halogens is 6. The number of allylic oxidation sites excluding steroid dienone is 1. The Kier molecular flexibility index (Phi) is 22.8. The van der Waals surface area contributed by atoms with Gasteiger partial charge in [0.2, 0.25) is 0 Å². The van der Waals surface area contributed by atoms with Crippen molar-refractivity contribution in [2.45, 2.75) is 90.4 Å². The van der Waals surface area contributed by atoms with Gasteiger partial charge in [-0.15, -0.1) is 0 Å². The quantitative estimate of drug-likeness (QED) is 0.0533. The number of nitrogens with zero attached hydrogens (tertiary/aromatic N) is 1. The van der Waals surface area contributed by atoms with Crippen LogP contribution in [0, 0.1) is 0 Å². The zero-order valence-electron chi connectivity index (χ0n) is 25.1. The van der Waals surface area contributed by atoms with E-state index in [9.17, 15) is 31.1 Å². The Morgan fingerprint density at radius 1 is 0.955 bits per heavy atom. The summed E-state index contributed by atoms with van der Waals surface area (Å²) in [7, 11) is 0. The molecule has 1 rings (SSSR count). The number of carboxylic acid groups (broad SMARTS) is 2. The Bertz CT molecular complexity index is 913. The van der Waals surface area contributed by atoms with Gasteiger partial charge in [0.25, 0.3) is 0 Å². The fourth-order valence-electron chi connectivity index (χ4n) is 3.34. The first-order valence-corrected chi connectivity index (χ1v) is 14.1. The van der Waals surface area contributed by atoms with E-state index in [4.69, 9.17) is 31.3 Å². The van der Waals surface area contributed by atoms with Gasteiger partial charge in [-0.1, -0.05) is 50.2 Å². The zero-order valence-corrected chi connectivity index (χ0v) is 25.1. The average Bonchev–Trinajstić information content (AvgIpc) is 2.90. The van der Waals surface area contributed by atoms with Crippen LogP contribution in [0.25, 0.3) is 0 Å². The third-order valence-corrected chi connectivity index (χ3v) is 5.64. The van der Waals surface area contributed by atoms with Gasteiger partial charge in [0.15, 0.2) is 0 Å². The van der Waals surface area contributed by atoms with Gasteiger partial charge in [-0.2, -0.15) is 31.7 Å². The van der Waals surface area contributed by atoms with Crippen LogP contribution in [0.2, 0.25) is 0 Å². The number of carboxylic acids is 2. The first-order chi connectivity index (χ1) is 20.4. The van der Waals surface area contributed by atoms with E-state index in [2.05, 4.69) is 40.5 Å². The topological polar surface area (TPSA) is 205 Å². The van der Waals surface area contributed by atoms with Crippen molar-refractivity contribution in [1.29, 1.82) is 0 Å². The largest absolute Gasteiger partial charge is 0.542 e. The number of unbranched alkanes of at least 4 members (excludes halogenated alkanes) is 3. The van der Waals surface area contributed by atoms with Crippen LogP contribution in [0.3, 0.4) is 0 Å². The molecule has 2 amide bonds. The highest BCUT2D eigenvalue weighted by Gasteiger charge is 2.29. The Morgan fingerprint density at radius 2 is 1.45 bits per heavy atom. The van der Waals surface area contributed by atoms with Crippen molar-refractivity contribution < 1.29 is 60.9 Å². The lowest BCUT2D eigenvalue weighted by Crippen LogP contribution is -2.79.